The van der Waals surface area contributed by atoms with Crippen LogP contribution in [0.3, 0.4) is 0 Å². The van der Waals surface area contributed by atoms with E-state index in [1.54, 1.807) is 146 Å². The number of rotatable bonds is 39. The van der Waals surface area contributed by atoms with Gasteiger partial charge in [0.15, 0.2) is 18.9 Å². The number of azide groups is 6. The molecule has 1 aliphatic carbocycles. The maximum Gasteiger partial charge on any atom is 0.187 e. The third-order valence-electron chi connectivity index (χ3n) is 18.5. The Morgan fingerprint density at radius 2 is 0.593 bits per heavy atom. The van der Waals surface area contributed by atoms with Crippen LogP contribution in [-0.2, 0) is 96.5 Å². The number of aliphatic hydroxyl groups excluding tert-OH is 1. The minimum Gasteiger partial charge on any atom is -0.497 e. The lowest BCUT2D eigenvalue weighted by molar-refractivity contribution is -0.318. The fraction of sp³-hybridized carbons (Fsp3) is 0.493. The van der Waals surface area contributed by atoms with Crippen molar-refractivity contribution in [2.24, 2.45) is 30.7 Å². The number of methoxy groups -OCH3 is 6. The third-order valence-corrected chi connectivity index (χ3v) is 18.5. The molecule has 0 unspecified atom stereocenters. The lowest BCUT2D eigenvalue weighted by Crippen LogP contribution is -2.64. The Kier molecular flexibility index (Phi) is 30.4. The first-order valence-corrected chi connectivity index (χ1v) is 34.1. The Bertz CT molecular complexity index is 4110. The number of ether oxygens (including phenoxy) is 18. The van der Waals surface area contributed by atoms with Crippen molar-refractivity contribution in [3.63, 3.8) is 0 Å². The van der Waals surface area contributed by atoms with Gasteiger partial charge in [-0.2, -0.15) is 0 Å². The monoisotopic (exact) mass is 1490 g/mol. The van der Waals surface area contributed by atoms with Crippen LogP contribution in [0.15, 0.2) is 176 Å². The van der Waals surface area contributed by atoms with Gasteiger partial charge >= 0.3 is 0 Å². The molecule has 6 aromatic rings. The van der Waals surface area contributed by atoms with Gasteiger partial charge in [-0.05, 0) is 146 Å². The van der Waals surface area contributed by atoms with Crippen molar-refractivity contribution in [3.05, 3.63) is 242 Å². The van der Waals surface area contributed by atoms with Gasteiger partial charge in [-0.1, -0.05) is 103 Å². The van der Waals surface area contributed by atoms with Crippen molar-refractivity contribution < 1.29 is 90.4 Å². The normalized spacial score (nSPS) is 27.1. The maximum atomic E-state index is 11.7. The number of aliphatic hydroxyl groups is 1. The first-order chi connectivity index (χ1) is 52.9. The van der Waals surface area contributed by atoms with Gasteiger partial charge in [0, 0.05) is 29.5 Å². The average molecular weight is 1490 g/mol. The van der Waals surface area contributed by atoms with Crippen LogP contribution < -0.4 is 28.4 Å². The Labute approximate surface area is 619 Å². The van der Waals surface area contributed by atoms with Crippen LogP contribution in [0.2, 0.25) is 0 Å². The van der Waals surface area contributed by atoms with E-state index < -0.39 is 129 Å². The second-order valence-electron chi connectivity index (χ2n) is 24.9. The topological polar surface area (TPSA) is 479 Å². The highest BCUT2D eigenvalue weighted by molar-refractivity contribution is 5.31. The van der Waals surface area contributed by atoms with Crippen molar-refractivity contribution in [1.82, 2.24) is 0 Å². The number of benzene rings is 6. The summed E-state index contributed by atoms with van der Waals surface area (Å²) in [5.41, 5.74) is 65.8. The molecule has 3 saturated heterocycles. The summed E-state index contributed by atoms with van der Waals surface area (Å²) in [7, 11) is 9.16. The van der Waals surface area contributed by atoms with Gasteiger partial charge in [-0.15, -0.1) is 0 Å². The van der Waals surface area contributed by atoms with Crippen LogP contribution in [0.25, 0.3) is 62.7 Å². The molecule has 10 rings (SSSR count). The Hall–Kier alpha value is -10.5. The van der Waals surface area contributed by atoms with Crippen molar-refractivity contribution in [2.45, 2.75) is 162 Å². The molecule has 37 heteroatoms. The highest BCUT2D eigenvalue weighted by atomic mass is 16.8. The Balaban J connectivity index is 1.07. The van der Waals surface area contributed by atoms with E-state index in [1.807, 2.05) is 0 Å². The molecule has 4 fully saturated rings. The van der Waals surface area contributed by atoms with Gasteiger partial charge in [0.2, 0.25) is 0 Å². The largest absolute Gasteiger partial charge is 0.497 e. The summed E-state index contributed by atoms with van der Waals surface area (Å²) in [6.07, 6.45) is -21.7. The molecule has 1 N–H and O–H groups in total. The second kappa shape index (κ2) is 41.0. The molecule has 37 nitrogen and oxygen atoms in total. The fourth-order valence-electron chi connectivity index (χ4n) is 13.0. The molecule has 6 aromatic carbocycles. The lowest BCUT2D eigenvalue weighted by Gasteiger charge is -2.49. The Morgan fingerprint density at radius 3 is 0.898 bits per heavy atom. The van der Waals surface area contributed by atoms with Crippen LogP contribution in [-0.4, -0.2) is 184 Å². The SMILES string of the molecule is COc1ccc(CO[C@@H]2[C@@H](N=[N+]=[N-])[C@@H](O[C@H]3[C@@H](OCc4ccc(OC)cc4)[C@H](O[C@@H]4[C@@H](OCc5ccc(OC)cc5)[C@H](N=[N+]=[N-])C[C@H](N=[N+]=[N-])[C@H]4O[C@H]4O[C@H](CN=[N+]=[N-])[C@@H](OCc5ccc(OC)cc5)[C@H](OCc5ccc(OC)cc5)[C@H]4N=[N+]=[N-])O[C@@H]3CO)O[C@@H](CN=[N+]=[N-])[C@H]2OCc2ccc(OC)cc2)cc1. The van der Waals surface area contributed by atoms with Gasteiger partial charge in [-0.3, -0.25) is 0 Å². The molecule has 3 heterocycles. The summed E-state index contributed by atoms with van der Waals surface area (Å²) < 4.78 is 115. The average Bonchev–Trinajstić information content (AvgIpc) is 1.26. The van der Waals surface area contributed by atoms with Crippen LogP contribution in [0.5, 0.6) is 34.5 Å². The first kappa shape index (κ1) is 80.0. The Morgan fingerprint density at radius 1 is 0.315 bits per heavy atom. The van der Waals surface area contributed by atoms with E-state index in [9.17, 15) is 38.3 Å². The summed E-state index contributed by atoms with van der Waals surface area (Å²) >= 11 is 0. The van der Waals surface area contributed by atoms with E-state index in [1.165, 1.54) is 42.7 Å². The van der Waals surface area contributed by atoms with Gasteiger partial charge in [0.1, 0.15) is 95.4 Å². The molecule has 0 amide bonds. The molecular weight excluding hydrogens is 1410 g/mol. The highest BCUT2D eigenvalue weighted by Gasteiger charge is 2.58. The van der Waals surface area contributed by atoms with E-state index in [2.05, 4.69) is 60.2 Å². The van der Waals surface area contributed by atoms with E-state index in [4.69, 9.17) is 85.3 Å². The maximum absolute atomic E-state index is 11.7. The molecule has 0 radical (unpaired) electrons. The molecule has 0 bridgehead atoms. The molecule has 4 aliphatic rings. The first-order valence-electron chi connectivity index (χ1n) is 34.1. The fourth-order valence-corrected chi connectivity index (χ4v) is 13.0. The van der Waals surface area contributed by atoms with E-state index in [0.29, 0.717) is 67.9 Å². The van der Waals surface area contributed by atoms with E-state index in [0.717, 1.165) is 0 Å². The number of hydrogen-bond donors (Lipinski definition) is 1. The summed E-state index contributed by atoms with van der Waals surface area (Å²) in [4.78, 5) is 19.1. The summed E-state index contributed by atoms with van der Waals surface area (Å²) in [6.45, 7) is -2.29. The minimum atomic E-state index is -1.73. The molecule has 1 saturated carbocycles. The number of hydrogen-bond acceptors (Lipinski definition) is 25. The van der Waals surface area contributed by atoms with Crippen LogP contribution in [0.4, 0.5) is 0 Å². The molecule has 19 atom stereocenters. The molecule has 0 spiro atoms. The quantitative estimate of drug-likeness (QED) is 0.0213. The second-order valence-corrected chi connectivity index (χ2v) is 24.9. The smallest absolute Gasteiger partial charge is 0.187 e. The number of nitrogens with zero attached hydrogens (tertiary/aromatic N) is 18. The van der Waals surface area contributed by atoms with Crippen molar-refractivity contribution in [1.29, 1.82) is 0 Å². The van der Waals surface area contributed by atoms with Crippen LogP contribution >= 0.6 is 0 Å². The zero-order valence-electron chi connectivity index (χ0n) is 59.7. The highest BCUT2D eigenvalue weighted by Crippen LogP contribution is 2.42. The lowest BCUT2D eigenvalue weighted by atomic mass is 9.83. The van der Waals surface area contributed by atoms with Gasteiger partial charge in [0.05, 0.1) is 138 Å². The van der Waals surface area contributed by atoms with Gasteiger partial charge in [-0.25, -0.2) is 0 Å². The predicted octanol–water partition coefficient (Wildman–Crippen LogP) is 12.6. The molecule has 570 valence electrons. The summed E-state index contributed by atoms with van der Waals surface area (Å²) in [5, 5.41) is 36.4. The predicted molar refractivity (Wildman–Crippen MR) is 381 cm³/mol. The zero-order chi connectivity index (χ0) is 76.2. The third kappa shape index (κ3) is 21.0. The molecule has 3 aliphatic heterocycles. The molecule has 108 heavy (non-hydrogen) atoms. The summed E-state index contributed by atoms with van der Waals surface area (Å²) in [6, 6.07) is 36.5. The van der Waals surface area contributed by atoms with Gasteiger partial charge < -0.3 is 90.4 Å². The summed E-state index contributed by atoms with van der Waals surface area (Å²) in [5.74, 6) is 3.39. The van der Waals surface area contributed by atoms with E-state index in [-0.39, 0.29) is 52.6 Å². The van der Waals surface area contributed by atoms with Crippen LogP contribution in [0.1, 0.15) is 39.8 Å². The van der Waals surface area contributed by atoms with Crippen molar-refractivity contribution in [3.8, 4) is 34.5 Å². The molecular formula is C71H82N18O19. The minimum absolute atomic E-state index is 0.0442. The zero-order valence-corrected chi connectivity index (χ0v) is 59.7. The van der Waals surface area contributed by atoms with Crippen molar-refractivity contribution >= 4 is 0 Å². The van der Waals surface area contributed by atoms with Crippen LogP contribution in [0, 0.1) is 0 Å². The van der Waals surface area contributed by atoms with Crippen molar-refractivity contribution in [2.75, 3.05) is 62.4 Å². The van der Waals surface area contributed by atoms with Gasteiger partial charge in [0.25, 0.3) is 0 Å². The standard InChI is InChI=1S/C71H82N18O19/c1-91-47-19-7-41(8-20-47)35-97-60-53(80-86-74)31-54(81-87-75)61(106-69-58(82-88-76)65(100-38-44-13-25-50(94-4)26-14-44)62(55(103-69)32-78-84-72)98-36-42-9-21-48(92-2)22-10-42)67(60)108-71-68(102-40-46-17-29-52(96-6)30-18-46)64(57(34-90)105-71)107-70-59(83-89-77)66(101-39-45-15-27-51(95-5)28-16-45)63(56(104-70)33-79-85-73)99-37-43-11-23-49(93-3)24-12-43/h7-30,53-71,90H,31-40H2,1-6H3/t53-,54+,55-,56+,57-,58-,59-,60+,61-,62-,63-,64-,65-,66-,67-,68-,69-,70-,71+/m1/s1. The molecule has 0 aromatic heterocycles. The van der Waals surface area contributed by atoms with E-state index >= 15 is 0 Å².